The molecule has 0 aliphatic carbocycles. The Morgan fingerprint density at radius 3 is 2.33 bits per heavy atom. The van der Waals surface area contributed by atoms with E-state index in [9.17, 15) is 9.59 Å². The van der Waals surface area contributed by atoms with E-state index in [-0.39, 0.29) is 18.1 Å². The second-order valence-electron chi connectivity index (χ2n) is 6.82. The molecular formula is C24H22ClNO4. The van der Waals surface area contributed by atoms with Gasteiger partial charge in [-0.3, -0.25) is 4.79 Å². The Bertz CT molecular complexity index is 1050. The maximum Gasteiger partial charge on any atom is 0.357 e. The average Bonchev–Trinajstić information content (AvgIpc) is 2.72. The molecule has 0 N–H and O–H groups in total. The Labute approximate surface area is 180 Å². The van der Waals surface area contributed by atoms with Crippen LogP contribution in [-0.4, -0.2) is 23.3 Å². The van der Waals surface area contributed by atoms with E-state index >= 15 is 0 Å². The van der Waals surface area contributed by atoms with Crippen molar-refractivity contribution < 1.29 is 19.1 Å². The van der Waals surface area contributed by atoms with Crippen molar-refractivity contribution in [2.24, 2.45) is 0 Å². The number of nitrogens with zero attached hydrogens (tertiary/aromatic N) is 1. The van der Waals surface area contributed by atoms with Gasteiger partial charge in [-0.05, 0) is 54.8 Å². The highest BCUT2D eigenvalue weighted by Gasteiger charge is 2.10. The maximum absolute atomic E-state index is 12.4. The average molecular weight is 424 g/mol. The van der Waals surface area contributed by atoms with Crippen molar-refractivity contribution in [2.75, 3.05) is 6.61 Å². The van der Waals surface area contributed by atoms with Crippen LogP contribution in [0.15, 0.2) is 60.8 Å². The van der Waals surface area contributed by atoms with Gasteiger partial charge in [0.15, 0.2) is 5.69 Å². The molecule has 0 unspecified atom stereocenters. The molecule has 0 saturated carbocycles. The zero-order chi connectivity index (χ0) is 21.5. The second kappa shape index (κ2) is 10.0. The topological polar surface area (TPSA) is 65.5 Å². The predicted octanol–water partition coefficient (Wildman–Crippen LogP) is 5.37. The monoisotopic (exact) mass is 423 g/mol. The zero-order valence-electron chi connectivity index (χ0n) is 16.9. The SMILES string of the molecule is CCOC(=O)c1cc(Oc2ccc(CC(=O)Cc3ccc(Cl)c(C)c3)cc2)ccn1. The van der Waals surface area contributed by atoms with Gasteiger partial charge in [-0.2, -0.15) is 0 Å². The van der Waals surface area contributed by atoms with E-state index in [2.05, 4.69) is 4.98 Å². The molecule has 0 bridgehead atoms. The van der Waals surface area contributed by atoms with E-state index in [4.69, 9.17) is 21.1 Å². The van der Waals surface area contributed by atoms with Crippen LogP contribution in [-0.2, 0) is 22.4 Å². The van der Waals surface area contributed by atoms with Crippen LogP contribution in [0.5, 0.6) is 11.5 Å². The first-order valence-corrected chi connectivity index (χ1v) is 9.99. The molecule has 0 amide bonds. The molecule has 0 aliphatic heterocycles. The number of hydrogen-bond donors (Lipinski definition) is 0. The van der Waals surface area contributed by atoms with Crippen LogP contribution in [0.25, 0.3) is 0 Å². The molecule has 0 saturated heterocycles. The Balaban J connectivity index is 1.59. The summed E-state index contributed by atoms with van der Waals surface area (Å²) >= 11 is 6.03. The van der Waals surface area contributed by atoms with Crippen molar-refractivity contribution in [3.63, 3.8) is 0 Å². The molecule has 30 heavy (non-hydrogen) atoms. The number of benzene rings is 2. The van der Waals surface area contributed by atoms with Crippen molar-refractivity contribution in [3.8, 4) is 11.5 Å². The number of carbonyl (C=O) groups is 2. The van der Waals surface area contributed by atoms with Crippen LogP contribution in [0, 0.1) is 6.92 Å². The molecule has 1 heterocycles. The second-order valence-corrected chi connectivity index (χ2v) is 7.23. The fourth-order valence-corrected chi connectivity index (χ4v) is 3.05. The van der Waals surface area contributed by atoms with Crippen molar-refractivity contribution in [1.29, 1.82) is 0 Å². The van der Waals surface area contributed by atoms with E-state index in [0.29, 0.717) is 29.4 Å². The van der Waals surface area contributed by atoms with E-state index in [1.807, 2.05) is 37.3 Å². The number of aryl methyl sites for hydroxylation is 1. The van der Waals surface area contributed by atoms with Crippen LogP contribution >= 0.6 is 11.6 Å². The summed E-state index contributed by atoms with van der Waals surface area (Å²) in [6, 6.07) is 16.1. The Hall–Kier alpha value is -3.18. The first-order valence-electron chi connectivity index (χ1n) is 9.61. The minimum Gasteiger partial charge on any atom is -0.461 e. The van der Waals surface area contributed by atoms with Crippen LogP contribution in [0.3, 0.4) is 0 Å². The summed E-state index contributed by atoms with van der Waals surface area (Å²) in [5, 5.41) is 0.699. The van der Waals surface area contributed by atoms with Crippen LogP contribution < -0.4 is 4.74 Å². The van der Waals surface area contributed by atoms with Gasteiger partial charge in [-0.25, -0.2) is 9.78 Å². The fourth-order valence-electron chi connectivity index (χ4n) is 2.94. The maximum atomic E-state index is 12.4. The lowest BCUT2D eigenvalue weighted by Crippen LogP contribution is -2.07. The van der Waals surface area contributed by atoms with Gasteiger partial charge in [0.1, 0.15) is 17.3 Å². The number of hydrogen-bond acceptors (Lipinski definition) is 5. The van der Waals surface area contributed by atoms with Gasteiger partial charge in [0, 0.05) is 30.1 Å². The Morgan fingerprint density at radius 2 is 1.63 bits per heavy atom. The molecule has 0 spiro atoms. The smallest absolute Gasteiger partial charge is 0.357 e. The summed E-state index contributed by atoms with van der Waals surface area (Å²) in [6.07, 6.45) is 2.20. The zero-order valence-corrected chi connectivity index (χ0v) is 17.6. The summed E-state index contributed by atoms with van der Waals surface area (Å²) in [4.78, 5) is 28.2. The van der Waals surface area contributed by atoms with Crippen molar-refractivity contribution in [3.05, 3.63) is 88.2 Å². The molecule has 3 aromatic rings. The number of carbonyl (C=O) groups excluding carboxylic acids is 2. The van der Waals surface area contributed by atoms with Crippen LogP contribution in [0.2, 0.25) is 5.02 Å². The molecule has 2 aromatic carbocycles. The van der Waals surface area contributed by atoms with Crippen LogP contribution in [0.4, 0.5) is 0 Å². The number of halogens is 1. The summed E-state index contributed by atoms with van der Waals surface area (Å²) < 4.78 is 10.7. The van der Waals surface area contributed by atoms with Gasteiger partial charge in [0.25, 0.3) is 0 Å². The normalized spacial score (nSPS) is 10.5. The number of aromatic nitrogens is 1. The Kier molecular flexibility index (Phi) is 7.20. The van der Waals surface area contributed by atoms with E-state index < -0.39 is 5.97 Å². The molecule has 154 valence electrons. The molecule has 3 rings (SSSR count). The lowest BCUT2D eigenvalue weighted by molar-refractivity contribution is -0.117. The number of pyridine rings is 1. The molecule has 0 atom stereocenters. The van der Waals surface area contributed by atoms with E-state index in [1.165, 1.54) is 12.3 Å². The fraction of sp³-hybridized carbons (Fsp3) is 0.208. The lowest BCUT2D eigenvalue weighted by atomic mass is 10.0. The first-order chi connectivity index (χ1) is 14.4. The number of ketones is 1. The first kappa shape index (κ1) is 21.5. The van der Waals surface area contributed by atoms with E-state index in [1.54, 1.807) is 25.1 Å². The molecule has 1 aromatic heterocycles. The van der Waals surface area contributed by atoms with Gasteiger partial charge in [-0.15, -0.1) is 0 Å². The summed E-state index contributed by atoms with van der Waals surface area (Å²) in [5.41, 5.74) is 3.01. The van der Waals surface area contributed by atoms with Crippen molar-refractivity contribution in [2.45, 2.75) is 26.7 Å². The summed E-state index contributed by atoms with van der Waals surface area (Å²) in [7, 11) is 0. The highest BCUT2D eigenvalue weighted by Crippen LogP contribution is 2.23. The standard InChI is InChI=1S/C24H22ClNO4/c1-3-29-24(28)23-15-21(10-11-26-23)30-20-7-4-17(5-8-20)13-19(27)14-18-6-9-22(25)16(2)12-18/h4-12,15H,3,13-14H2,1-2H3. The quantitative estimate of drug-likeness (QED) is 0.456. The largest absolute Gasteiger partial charge is 0.461 e. The number of Topliss-reactive ketones (excluding diaryl/α,β-unsaturated/α-hetero) is 1. The summed E-state index contributed by atoms with van der Waals surface area (Å²) in [5.74, 6) is 0.710. The van der Waals surface area contributed by atoms with Gasteiger partial charge in [-0.1, -0.05) is 35.9 Å². The van der Waals surface area contributed by atoms with Gasteiger partial charge >= 0.3 is 5.97 Å². The molecule has 0 fully saturated rings. The predicted molar refractivity (Wildman–Crippen MR) is 115 cm³/mol. The third-order valence-electron chi connectivity index (χ3n) is 4.40. The van der Waals surface area contributed by atoms with Crippen molar-refractivity contribution >= 4 is 23.4 Å². The number of ether oxygens (including phenoxy) is 2. The minimum absolute atomic E-state index is 0.124. The Morgan fingerprint density at radius 1 is 0.933 bits per heavy atom. The third-order valence-corrected chi connectivity index (χ3v) is 4.82. The van der Waals surface area contributed by atoms with Crippen molar-refractivity contribution in [1.82, 2.24) is 4.98 Å². The minimum atomic E-state index is -0.493. The summed E-state index contributed by atoms with van der Waals surface area (Å²) in [6.45, 7) is 3.94. The number of esters is 1. The molecule has 0 aliphatic rings. The van der Waals surface area contributed by atoms with Gasteiger partial charge in [0.2, 0.25) is 0 Å². The molecule has 0 radical (unpaired) electrons. The third kappa shape index (κ3) is 5.91. The molecule has 5 nitrogen and oxygen atoms in total. The van der Waals surface area contributed by atoms with Gasteiger partial charge < -0.3 is 9.47 Å². The highest BCUT2D eigenvalue weighted by molar-refractivity contribution is 6.31. The highest BCUT2D eigenvalue weighted by atomic mass is 35.5. The molecule has 6 heteroatoms. The molecular weight excluding hydrogens is 402 g/mol. The van der Waals surface area contributed by atoms with Gasteiger partial charge in [0.05, 0.1) is 6.61 Å². The number of rotatable bonds is 8. The lowest BCUT2D eigenvalue weighted by Gasteiger charge is -2.08. The van der Waals surface area contributed by atoms with E-state index in [0.717, 1.165) is 16.7 Å². The van der Waals surface area contributed by atoms with Crippen LogP contribution in [0.1, 0.15) is 34.1 Å².